The third-order valence-electron chi connectivity index (χ3n) is 4.49. The van der Waals surface area contributed by atoms with Gasteiger partial charge in [-0.3, -0.25) is 0 Å². The van der Waals surface area contributed by atoms with Gasteiger partial charge in [-0.1, -0.05) is 83.9 Å². The van der Waals surface area contributed by atoms with Crippen molar-refractivity contribution in [2.75, 3.05) is 0 Å². The molecule has 3 aromatic carbocycles. The van der Waals surface area contributed by atoms with Gasteiger partial charge in [0.15, 0.2) is 0 Å². The van der Waals surface area contributed by atoms with Gasteiger partial charge in [0, 0.05) is 5.02 Å². The van der Waals surface area contributed by atoms with E-state index < -0.39 is 10.0 Å². The van der Waals surface area contributed by atoms with E-state index in [1.807, 2.05) is 60.7 Å². The summed E-state index contributed by atoms with van der Waals surface area (Å²) in [6.07, 6.45) is 0. The van der Waals surface area contributed by atoms with Crippen LogP contribution in [-0.4, -0.2) is 12.7 Å². The molecule has 1 aliphatic heterocycles. The van der Waals surface area contributed by atoms with Gasteiger partial charge in [-0.2, -0.15) is 4.31 Å². The van der Waals surface area contributed by atoms with Crippen molar-refractivity contribution in [1.82, 2.24) is 4.31 Å². The maximum Gasteiger partial charge on any atom is 0.245 e. The van der Waals surface area contributed by atoms with Gasteiger partial charge < -0.3 is 0 Å². The molecule has 1 aliphatic rings. The monoisotopic (exact) mass is 403 g/mol. The standard InChI is InChI=1S/C20H15Cl2NO2S/c21-16-11-12-18(17(22)13-16)26(24,25)23-19(14-7-3-1-4-8-14)20(23)15-9-5-2-6-10-15/h1-13,19-20H/t19-,20-/m1/s1. The highest BCUT2D eigenvalue weighted by Crippen LogP contribution is 2.58. The number of benzene rings is 3. The number of nitrogens with zero attached hydrogens (tertiary/aromatic N) is 1. The average molecular weight is 404 g/mol. The molecule has 0 N–H and O–H groups in total. The van der Waals surface area contributed by atoms with E-state index in [0.717, 1.165) is 11.1 Å². The van der Waals surface area contributed by atoms with E-state index in [1.54, 1.807) is 6.07 Å². The molecular weight excluding hydrogens is 389 g/mol. The minimum absolute atomic E-state index is 0.0722. The Morgan fingerprint density at radius 3 is 1.69 bits per heavy atom. The highest BCUT2D eigenvalue weighted by molar-refractivity contribution is 7.89. The first-order valence-electron chi connectivity index (χ1n) is 8.08. The highest BCUT2D eigenvalue weighted by Gasteiger charge is 2.57. The fourth-order valence-electron chi connectivity index (χ4n) is 3.27. The zero-order valence-electron chi connectivity index (χ0n) is 13.6. The lowest BCUT2D eigenvalue weighted by Gasteiger charge is -2.09. The molecule has 0 saturated carbocycles. The molecule has 1 heterocycles. The molecule has 4 rings (SSSR count). The molecule has 26 heavy (non-hydrogen) atoms. The second-order valence-corrected chi connectivity index (χ2v) is 8.78. The van der Waals surface area contributed by atoms with Crippen molar-refractivity contribution < 1.29 is 8.42 Å². The summed E-state index contributed by atoms with van der Waals surface area (Å²) in [5.74, 6) is 0. The van der Waals surface area contributed by atoms with E-state index in [-0.39, 0.29) is 22.0 Å². The largest absolute Gasteiger partial charge is 0.245 e. The van der Waals surface area contributed by atoms with E-state index >= 15 is 0 Å². The maximum atomic E-state index is 13.3. The third-order valence-corrected chi connectivity index (χ3v) is 7.07. The number of hydrogen-bond donors (Lipinski definition) is 0. The fourth-order valence-corrected chi connectivity index (χ4v) is 5.76. The molecule has 1 saturated heterocycles. The summed E-state index contributed by atoms with van der Waals surface area (Å²) >= 11 is 12.1. The molecule has 3 aromatic rings. The molecule has 0 amide bonds. The Morgan fingerprint density at radius 2 is 1.23 bits per heavy atom. The molecule has 3 nitrogen and oxygen atoms in total. The minimum Gasteiger partial charge on any atom is -0.207 e. The average Bonchev–Trinajstić information content (AvgIpc) is 3.39. The molecule has 1 fully saturated rings. The van der Waals surface area contributed by atoms with Crippen molar-refractivity contribution in [3.05, 3.63) is 100 Å². The molecule has 2 atom stereocenters. The summed E-state index contributed by atoms with van der Waals surface area (Å²) in [5, 5.41) is 0.530. The van der Waals surface area contributed by atoms with Gasteiger partial charge >= 0.3 is 0 Å². The summed E-state index contributed by atoms with van der Waals surface area (Å²) in [6, 6.07) is 23.2. The molecule has 0 radical (unpaired) electrons. The number of sulfonamides is 1. The number of rotatable bonds is 4. The quantitative estimate of drug-likeness (QED) is 0.540. The highest BCUT2D eigenvalue weighted by atomic mass is 35.5. The van der Waals surface area contributed by atoms with Crippen LogP contribution in [0.4, 0.5) is 0 Å². The van der Waals surface area contributed by atoms with Crippen molar-refractivity contribution in [3.63, 3.8) is 0 Å². The van der Waals surface area contributed by atoms with Crippen LogP contribution >= 0.6 is 23.2 Å². The Bertz CT molecular complexity index is 994. The Labute approximate surface area is 162 Å². The molecule has 0 aliphatic carbocycles. The van der Waals surface area contributed by atoms with Crippen molar-refractivity contribution in [2.45, 2.75) is 17.0 Å². The fraction of sp³-hybridized carbons (Fsp3) is 0.100. The van der Waals surface area contributed by atoms with Crippen molar-refractivity contribution in [3.8, 4) is 0 Å². The van der Waals surface area contributed by atoms with Crippen molar-refractivity contribution >= 4 is 33.2 Å². The Hall–Kier alpha value is -1.85. The first-order chi connectivity index (χ1) is 12.5. The van der Waals surface area contributed by atoms with Gasteiger partial charge in [0.1, 0.15) is 4.90 Å². The minimum atomic E-state index is -3.77. The molecule has 0 bridgehead atoms. The van der Waals surface area contributed by atoms with Crippen LogP contribution in [0.1, 0.15) is 23.2 Å². The summed E-state index contributed by atoms with van der Waals surface area (Å²) < 4.78 is 28.1. The first kappa shape index (κ1) is 17.6. The topological polar surface area (TPSA) is 37.1 Å². The van der Waals surface area contributed by atoms with Crippen LogP contribution in [0.25, 0.3) is 0 Å². The van der Waals surface area contributed by atoms with E-state index in [9.17, 15) is 8.42 Å². The van der Waals surface area contributed by atoms with Crippen LogP contribution in [0.15, 0.2) is 83.8 Å². The first-order valence-corrected chi connectivity index (χ1v) is 10.3. The Morgan fingerprint density at radius 1 is 0.731 bits per heavy atom. The maximum absolute atomic E-state index is 13.3. The summed E-state index contributed by atoms with van der Waals surface area (Å²) in [7, 11) is -3.77. The molecular formula is C20H15Cl2NO2S. The van der Waals surface area contributed by atoms with E-state index in [2.05, 4.69) is 0 Å². The zero-order valence-corrected chi connectivity index (χ0v) is 15.9. The van der Waals surface area contributed by atoms with Crippen LogP contribution < -0.4 is 0 Å². The van der Waals surface area contributed by atoms with Crippen LogP contribution in [0, 0.1) is 0 Å². The van der Waals surface area contributed by atoms with Crippen LogP contribution in [0.5, 0.6) is 0 Å². The summed E-state index contributed by atoms with van der Waals surface area (Å²) in [4.78, 5) is 0.0722. The van der Waals surface area contributed by atoms with Gasteiger partial charge in [0.25, 0.3) is 0 Å². The predicted octanol–water partition coefficient (Wildman–Crippen LogP) is 5.48. The lowest BCUT2D eigenvalue weighted by atomic mass is 10.0. The van der Waals surface area contributed by atoms with Gasteiger partial charge in [0.2, 0.25) is 10.0 Å². The van der Waals surface area contributed by atoms with Gasteiger partial charge in [-0.15, -0.1) is 0 Å². The molecule has 0 spiro atoms. The molecule has 0 aromatic heterocycles. The molecule has 0 unspecified atom stereocenters. The van der Waals surface area contributed by atoms with Crippen molar-refractivity contribution in [1.29, 1.82) is 0 Å². The molecule has 6 heteroatoms. The van der Waals surface area contributed by atoms with E-state index in [1.165, 1.54) is 16.4 Å². The van der Waals surface area contributed by atoms with Gasteiger partial charge in [0.05, 0.1) is 17.1 Å². The third kappa shape index (κ3) is 3.03. The second-order valence-electron chi connectivity index (χ2n) is 6.12. The number of hydrogen-bond acceptors (Lipinski definition) is 2. The zero-order chi connectivity index (χ0) is 18.3. The predicted molar refractivity (Wildman–Crippen MR) is 104 cm³/mol. The summed E-state index contributed by atoms with van der Waals surface area (Å²) in [5.41, 5.74) is 1.91. The van der Waals surface area contributed by atoms with Gasteiger partial charge in [-0.25, -0.2) is 8.42 Å². The Kier molecular flexibility index (Phi) is 4.53. The summed E-state index contributed by atoms with van der Waals surface area (Å²) in [6.45, 7) is 0. The van der Waals surface area contributed by atoms with Crippen molar-refractivity contribution in [2.24, 2.45) is 0 Å². The van der Waals surface area contributed by atoms with Crippen LogP contribution in [0.3, 0.4) is 0 Å². The normalized spacial score (nSPS) is 22.2. The molecule has 132 valence electrons. The smallest absolute Gasteiger partial charge is 0.207 e. The lowest BCUT2D eigenvalue weighted by molar-refractivity contribution is 0.547. The van der Waals surface area contributed by atoms with Crippen LogP contribution in [0.2, 0.25) is 10.0 Å². The van der Waals surface area contributed by atoms with Gasteiger partial charge in [-0.05, 0) is 29.3 Å². The van der Waals surface area contributed by atoms with Crippen LogP contribution in [-0.2, 0) is 10.0 Å². The Balaban J connectivity index is 1.80. The van der Waals surface area contributed by atoms with E-state index in [4.69, 9.17) is 23.2 Å². The lowest BCUT2D eigenvalue weighted by Crippen LogP contribution is -2.14. The van der Waals surface area contributed by atoms with E-state index in [0.29, 0.717) is 5.02 Å². The second kappa shape index (κ2) is 6.71. The number of halogens is 2. The SMILES string of the molecule is O=S(=O)(c1ccc(Cl)cc1Cl)N1[C@H](c2ccccc2)[C@H]1c1ccccc1.